The van der Waals surface area contributed by atoms with E-state index >= 15 is 4.39 Å². The predicted molar refractivity (Wildman–Crippen MR) is 478 cm³/mol. The lowest BCUT2D eigenvalue weighted by Crippen LogP contribution is -2.02. The first-order chi connectivity index (χ1) is 56.9. The molecule has 0 N–H and O–H groups in total. The summed E-state index contributed by atoms with van der Waals surface area (Å²) in [6, 6.07) is 146. The average Bonchev–Trinajstić information content (AvgIpc) is 1.67. The van der Waals surface area contributed by atoms with Gasteiger partial charge in [0.05, 0.1) is 60.9 Å². The third-order valence-electron chi connectivity index (χ3n) is 23.6. The highest BCUT2D eigenvalue weighted by Crippen LogP contribution is 2.47. The van der Waals surface area contributed by atoms with Crippen molar-refractivity contribution in [3.63, 3.8) is 0 Å². The third-order valence-corrected chi connectivity index (χ3v) is 23.6. The third kappa shape index (κ3) is 10.8. The van der Waals surface area contributed by atoms with Gasteiger partial charge in [0.1, 0.15) is 5.82 Å². The zero-order valence-electron chi connectivity index (χ0n) is 62.2. The van der Waals surface area contributed by atoms with Gasteiger partial charge in [-0.25, -0.2) is 14.4 Å². The first-order valence-corrected chi connectivity index (χ1v) is 39.2. The minimum Gasteiger partial charge on any atom is -0.309 e. The van der Waals surface area contributed by atoms with E-state index in [0.29, 0.717) is 17.1 Å². The number of hydrogen-bond acceptors (Lipinski definition) is 2. The number of hydrogen-bond donors (Lipinski definition) is 0. The molecule has 23 rings (SSSR count). The standard InChI is InChI=1S/C108H67FN6/c109-97-38-22-21-37-87(97)108-110-106(88-48-39-72-31-19-20-36-86(72)107(88)111-108)81-57-84(114-102-51-42-75(70-27-11-3-12-28-70)61-91(102)95-65-79(46-55-104(95)114)77-44-53-100-93(63-77)89-59-73(68-23-7-1-8-24-68)40-49-98(89)112(100)82-32-15-5-16-33-82)67-85(58-81)115-103-52-43-76(71-29-13-4-14-30-71)62-92(103)96-66-80(47-56-105(96)115)78-45-54-101-94(64-78)90-60-74(69-25-9-2-10-26-69)41-50-99(90)113(101)83-34-17-6-18-35-83/h1-67H. The summed E-state index contributed by atoms with van der Waals surface area (Å²) in [4.78, 5) is 10.9. The molecule has 5 aromatic heterocycles. The van der Waals surface area contributed by atoms with Crippen molar-refractivity contribution < 1.29 is 4.39 Å². The molecule has 0 spiro atoms. The molecule has 18 aromatic carbocycles. The maximum atomic E-state index is 16.6. The molecule has 7 heteroatoms. The van der Waals surface area contributed by atoms with E-state index in [4.69, 9.17) is 9.97 Å². The van der Waals surface area contributed by atoms with Gasteiger partial charge in [-0.15, -0.1) is 0 Å². The maximum Gasteiger partial charge on any atom is 0.163 e. The van der Waals surface area contributed by atoms with Crippen LogP contribution in [-0.4, -0.2) is 28.2 Å². The second-order valence-electron chi connectivity index (χ2n) is 30.1. The molecule has 0 aliphatic carbocycles. The van der Waals surface area contributed by atoms with Gasteiger partial charge >= 0.3 is 0 Å². The van der Waals surface area contributed by atoms with E-state index in [1.54, 1.807) is 12.1 Å². The van der Waals surface area contributed by atoms with Gasteiger partial charge in [0.2, 0.25) is 0 Å². The summed E-state index contributed by atoms with van der Waals surface area (Å²) in [6.07, 6.45) is 0. The van der Waals surface area contributed by atoms with Crippen LogP contribution in [0.15, 0.2) is 406 Å². The van der Waals surface area contributed by atoms with Crippen LogP contribution in [0.3, 0.4) is 0 Å². The Labute approximate surface area is 661 Å². The highest BCUT2D eigenvalue weighted by atomic mass is 19.1. The van der Waals surface area contributed by atoms with Crippen molar-refractivity contribution >= 4 is 109 Å². The van der Waals surface area contributed by atoms with E-state index in [2.05, 4.69) is 394 Å². The van der Waals surface area contributed by atoms with Crippen molar-refractivity contribution in [2.45, 2.75) is 0 Å². The van der Waals surface area contributed by atoms with Crippen molar-refractivity contribution in [3.8, 4) is 112 Å². The summed E-state index contributed by atoms with van der Waals surface area (Å²) in [5, 5.41) is 12.0. The van der Waals surface area contributed by atoms with Crippen LogP contribution < -0.4 is 0 Å². The van der Waals surface area contributed by atoms with Crippen LogP contribution in [0.4, 0.5) is 4.39 Å². The van der Waals surface area contributed by atoms with Gasteiger partial charge < -0.3 is 18.3 Å². The maximum absolute atomic E-state index is 16.6. The normalized spacial score (nSPS) is 11.9. The Morgan fingerprint density at radius 3 is 0.809 bits per heavy atom. The number of nitrogens with zero attached hydrogens (tertiary/aromatic N) is 6. The molecule has 115 heavy (non-hydrogen) atoms. The lowest BCUT2D eigenvalue weighted by molar-refractivity contribution is 0.630. The molecule has 0 amide bonds. The molecule has 0 aliphatic heterocycles. The Bertz CT molecular complexity index is 7500. The van der Waals surface area contributed by atoms with Gasteiger partial charge in [0.15, 0.2) is 5.82 Å². The molecule has 0 unspecified atom stereocenters. The molecule has 0 saturated heterocycles. The molecule has 0 radical (unpaired) electrons. The molecular weight excluding hydrogens is 1400 g/mol. The van der Waals surface area contributed by atoms with Crippen molar-refractivity contribution in [1.82, 2.24) is 28.2 Å². The summed E-state index contributed by atoms with van der Waals surface area (Å²) in [6.45, 7) is 0. The average molecular weight is 1470 g/mol. The second-order valence-corrected chi connectivity index (χ2v) is 30.1. The van der Waals surface area contributed by atoms with Crippen molar-refractivity contribution in [2.24, 2.45) is 0 Å². The van der Waals surface area contributed by atoms with Gasteiger partial charge in [0, 0.05) is 82.2 Å². The number of rotatable bonds is 12. The Morgan fingerprint density at radius 2 is 0.470 bits per heavy atom. The number of fused-ring (bicyclic) bond motifs is 15. The van der Waals surface area contributed by atoms with E-state index in [-0.39, 0.29) is 0 Å². The van der Waals surface area contributed by atoms with Gasteiger partial charge in [-0.2, -0.15) is 0 Å². The Balaban J connectivity index is 0.774. The van der Waals surface area contributed by atoms with Crippen molar-refractivity contribution in [3.05, 3.63) is 412 Å². The van der Waals surface area contributed by atoms with Crippen LogP contribution in [-0.2, 0) is 0 Å². The first-order valence-electron chi connectivity index (χ1n) is 39.2. The Morgan fingerprint density at radius 1 is 0.183 bits per heavy atom. The lowest BCUT2D eigenvalue weighted by Gasteiger charge is -2.17. The highest BCUT2D eigenvalue weighted by molar-refractivity contribution is 6.18. The van der Waals surface area contributed by atoms with Gasteiger partial charge in [0.25, 0.3) is 0 Å². The van der Waals surface area contributed by atoms with Crippen LogP contribution in [0.5, 0.6) is 0 Å². The molecule has 23 aromatic rings. The minimum absolute atomic E-state index is 0.304. The summed E-state index contributed by atoms with van der Waals surface area (Å²) < 4.78 is 26.3. The summed E-state index contributed by atoms with van der Waals surface area (Å²) in [7, 11) is 0. The fourth-order valence-corrected chi connectivity index (χ4v) is 18.2. The summed E-state index contributed by atoms with van der Waals surface area (Å²) in [5.74, 6) is -0.0906. The van der Waals surface area contributed by atoms with Crippen molar-refractivity contribution in [1.29, 1.82) is 0 Å². The quantitative estimate of drug-likeness (QED) is 0.114. The zero-order chi connectivity index (χ0) is 75.8. The molecule has 536 valence electrons. The van der Waals surface area contributed by atoms with Gasteiger partial charge in [-0.3, -0.25) is 0 Å². The van der Waals surface area contributed by atoms with Crippen LogP contribution in [0.2, 0.25) is 0 Å². The molecule has 0 fully saturated rings. The van der Waals surface area contributed by atoms with E-state index in [0.717, 1.165) is 160 Å². The van der Waals surface area contributed by atoms with Crippen LogP contribution in [0, 0.1) is 5.82 Å². The molecular formula is C108H67FN6. The van der Waals surface area contributed by atoms with E-state index < -0.39 is 5.82 Å². The molecule has 0 saturated carbocycles. The molecule has 0 aliphatic rings. The summed E-state index contributed by atoms with van der Waals surface area (Å²) >= 11 is 0. The number of para-hydroxylation sites is 2. The number of benzene rings is 18. The first kappa shape index (κ1) is 65.6. The van der Waals surface area contributed by atoms with Crippen molar-refractivity contribution in [2.75, 3.05) is 0 Å². The zero-order valence-corrected chi connectivity index (χ0v) is 62.2. The SMILES string of the molecule is Fc1ccccc1-c1nc(-c2cc(-n3c4ccc(-c5ccccc5)cc4c4cc(-c5ccc6c(c5)c5cc(-c7ccccc7)ccc5n6-c5ccccc5)ccc43)cc(-n3c4ccc(-c5ccccc5)cc4c4cc(-c5ccc6c(c5)c5cc(-c7ccccc7)ccc5n6-c5ccccc5)ccc43)c2)c2ccc3ccccc3c2n1. The second kappa shape index (κ2) is 26.5. The largest absolute Gasteiger partial charge is 0.309 e. The molecule has 0 bridgehead atoms. The van der Waals surface area contributed by atoms with Crippen LogP contribution in [0.1, 0.15) is 0 Å². The van der Waals surface area contributed by atoms with E-state index in [9.17, 15) is 0 Å². The monoisotopic (exact) mass is 1470 g/mol. The van der Waals surface area contributed by atoms with E-state index in [1.165, 1.54) is 49.9 Å². The smallest absolute Gasteiger partial charge is 0.163 e. The fraction of sp³-hybridized carbons (Fsp3) is 0. The fourth-order valence-electron chi connectivity index (χ4n) is 18.2. The topological polar surface area (TPSA) is 45.5 Å². The lowest BCUT2D eigenvalue weighted by atomic mass is 9.98. The predicted octanol–water partition coefficient (Wildman–Crippen LogP) is 28.6. The Kier molecular flexibility index (Phi) is 15.1. The van der Waals surface area contributed by atoms with Crippen LogP contribution in [0.25, 0.3) is 221 Å². The van der Waals surface area contributed by atoms with E-state index in [1.807, 2.05) is 12.1 Å². The minimum atomic E-state index is -0.395. The highest BCUT2D eigenvalue weighted by Gasteiger charge is 2.25. The molecule has 0 atom stereocenters. The summed E-state index contributed by atoms with van der Waals surface area (Å²) in [5.41, 5.74) is 29.0. The molecule has 5 heterocycles. The number of aromatic nitrogens is 6. The van der Waals surface area contributed by atoms with Crippen LogP contribution >= 0.6 is 0 Å². The number of halogens is 1. The molecule has 6 nitrogen and oxygen atoms in total. The van der Waals surface area contributed by atoms with Gasteiger partial charge in [-0.1, -0.05) is 249 Å². The Hall–Kier alpha value is -15.3. The van der Waals surface area contributed by atoms with Gasteiger partial charge in [-0.05, 0) is 230 Å².